The van der Waals surface area contributed by atoms with Crippen molar-refractivity contribution in [3.05, 3.63) is 104 Å². The molecular weight excluding hydrogens is 432 g/mol. The van der Waals surface area contributed by atoms with Crippen LogP contribution in [0.4, 0.5) is 11.4 Å². The summed E-state index contributed by atoms with van der Waals surface area (Å²) in [6.07, 6.45) is -0.991. The summed E-state index contributed by atoms with van der Waals surface area (Å²) in [5.41, 5.74) is -0.471. The molecule has 1 heterocycles. The van der Waals surface area contributed by atoms with E-state index in [1.165, 1.54) is 6.92 Å². The van der Waals surface area contributed by atoms with E-state index < -0.39 is 33.4 Å². The van der Waals surface area contributed by atoms with Gasteiger partial charge in [0.25, 0.3) is 11.4 Å². The van der Waals surface area contributed by atoms with Gasteiger partial charge in [-0.2, -0.15) is 5.01 Å². The first kappa shape index (κ1) is 21.4. The summed E-state index contributed by atoms with van der Waals surface area (Å²) in [5, 5.41) is 27.6. The number of amides is 1. The van der Waals surface area contributed by atoms with E-state index in [2.05, 4.69) is 5.10 Å². The molecule has 4 rings (SSSR count). The molecule has 0 spiro atoms. The number of carbonyl (C=O) groups is 1. The van der Waals surface area contributed by atoms with Crippen molar-refractivity contribution in [2.45, 2.75) is 13.2 Å². The molecule has 0 aromatic heterocycles. The number of benzene rings is 3. The fourth-order valence-electron chi connectivity index (χ4n) is 3.19. The monoisotopic (exact) mass is 448 g/mol. The van der Waals surface area contributed by atoms with Crippen molar-refractivity contribution in [3.8, 4) is 11.5 Å². The predicted octanol–water partition coefficient (Wildman–Crippen LogP) is 4.53. The van der Waals surface area contributed by atoms with Crippen molar-refractivity contribution in [1.82, 2.24) is 5.01 Å². The number of carbonyl (C=O) groups excluding carboxylic acids is 1. The number of rotatable bonds is 6. The Morgan fingerprint density at radius 1 is 0.939 bits per heavy atom. The van der Waals surface area contributed by atoms with Crippen molar-refractivity contribution < 1.29 is 24.1 Å². The van der Waals surface area contributed by atoms with Crippen LogP contribution in [0.15, 0.2) is 77.9 Å². The van der Waals surface area contributed by atoms with Gasteiger partial charge in [-0.25, -0.2) is 0 Å². The number of para-hydroxylation sites is 1. The molecule has 0 radical (unpaired) electrons. The zero-order chi connectivity index (χ0) is 23.5. The smallest absolute Gasteiger partial charge is 0.277 e. The van der Waals surface area contributed by atoms with Crippen molar-refractivity contribution in [3.63, 3.8) is 0 Å². The maximum absolute atomic E-state index is 12.2. The number of hydrogen-bond donors (Lipinski definition) is 0. The van der Waals surface area contributed by atoms with Gasteiger partial charge in [0, 0.05) is 24.6 Å². The van der Waals surface area contributed by atoms with Crippen molar-refractivity contribution in [2.75, 3.05) is 0 Å². The highest BCUT2D eigenvalue weighted by Crippen LogP contribution is 2.34. The molecule has 0 saturated carbocycles. The van der Waals surface area contributed by atoms with Gasteiger partial charge in [-0.05, 0) is 24.3 Å². The highest BCUT2D eigenvalue weighted by atomic mass is 16.6. The first-order chi connectivity index (χ1) is 15.8. The fraction of sp³-hybridized carbons (Fsp3) is 0.0909. The molecule has 0 saturated heterocycles. The summed E-state index contributed by atoms with van der Waals surface area (Å²) in [4.78, 5) is 33.1. The molecule has 3 aromatic carbocycles. The number of non-ortho nitro benzene ring substituents is 2. The molecule has 0 fully saturated rings. The zero-order valence-corrected chi connectivity index (χ0v) is 17.2. The van der Waals surface area contributed by atoms with Crippen molar-refractivity contribution in [1.29, 1.82) is 0 Å². The molecular formula is C22H16N4O7. The predicted molar refractivity (Wildman–Crippen MR) is 116 cm³/mol. The van der Waals surface area contributed by atoms with E-state index in [9.17, 15) is 25.0 Å². The third-order valence-corrected chi connectivity index (χ3v) is 4.66. The van der Waals surface area contributed by atoms with E-state index in [0.717, 1.165) is 23.2 Å². The average Bonchev–Trinajstić information content (AvgIpc) is 3.26. The lowest BCUT2D eigenvalue weighted by Gasteiger charge is -2.20. The lowest BCUT2D eigenvalue weighted by Crippen LogP contribution is -2.25. The second kappa shape index (κ2) is 8.75. The minimum atomic E-state index is -0.991. The summed E-state index contributed by atoms with van der Waals surface area (Å²) in [6.45, 7) is 1.28. The number of ether oxygens (including phenoxy) is 2. The summed E-state index contributed by atoms with van der Waals surface area (Å²) < 4.78 is 11.7. The lowest BCUT2D eigenvalue weighted by molar-refractivity contribution is -0.394. The Kier molecular flexibility index (Phi) is 5.68. The van der Waals surface area contributed by atoms with Crippen LogP contribution in [0.5, 0.6) is 11.5 Å². The van der Waals surface area contributed by atoms with Crippen LogP contribution in [0.1, 0.15) is 24.3 Å². The van der Waals surface area contributed by atoms with Gasteiger partial charge in [0.15, 0.2) is 0 Å². The number of nitro benzene ring substituents is 2. The van der Waals surface area contributed by atoms with Crippen molar-refractivity contribution >= 4 is 23.2 Å². The number of hydrazone groups is 1. The average molecular weight is 448 g/mol. The van der Waals surface area contributed by atoms with Crippen LogP contribution in [0, 0.1) is 20.2 Å². The van der Waals surface area contributed by atoms with E-state index in [4.69, 9.17) is 9.47 Å². The molecule has 0 bridgehead atoms. The summed E-state index contributed by atoms with van der Waals surface area (Å²) in [7, 11) is 0. The minimum Gasteiger partial charge on any atom is -0.457 e. The van der Waals surface area contributed by atoms with E-state index in [-0.39, 0.29) is 11.5 Å². The standard InChI is InChI=1S/C22H16N4O7/c1-14(27)24-22(15-6-5-9-20(12-15)32-19-7-3-2-4-8-19)33-21(23-24)16-10-17(25(28)29)13-18(11-16)26(30)31/h2-13,22H,1H3. The van der Waals surface area contributed by atoms with E-state index in [1.807, 2.05) is 18.2 Å². The first-order valence-electron chi connectivity index (χ1n) is 9.64. The van der Waals surface area contributed by atoms with Crippen LogP contribution in [0.2, 0.25) is 0 Å². The Labute approximate surface area is 186 Å². The summed E-state index contributed by atoms with van der Waals surface area (Å²) >= 11 is 0. The second-order valence-electron chi connectivity index (χ2n) is 6.98. The summed E-state index contributed by atoms with van der Waals surface area (Å²) in [6, 6.07) is 18.9. The number of nitro groups is 2. The molecule has 1 aliphatic rings. The SMILES string of the molecule is CC(=O)N1N=C(c2cc([N+](=O)[O-])cc([N+](=O)[O-])c2)OC1c1cccc(Oc2ccccc2)c1. The maximum Gasteiger partial charge on any atom is 0.277 e. The zero-order valence-electron chi connectivity index (χ0n) is 17.2. The molecule has 1 aliphatic heterocycles. The van der Waals surface area contributed by atoms with Gasteiger partial charge in [-0.15, -0.1) is 5.10 Å². The van der Waals surface area contributed by atoms with Crippen LogP contribution in [0.25, 0.3) is 0 Å². The van der Waals surface area contributed by atoms with Crippen LogP contribution in [-0.4, -0.2) is 26.7 Å². The van der Waals surface area contributed by atoms with E-state index >= 15 is 0 Å². The number of nitrogens with zero attached hydrogens (tertiary/aromatic N) is 4. The largest absolute Gasteiger partial charge is 0.457 e. The Hall–Kier alpha value is -4.80. The Morgan fingerprint density at radius 3 is 2.18 bits per heavy atom. The fourth-order valence-corrected chi connectivity index (χ4v) is 3.19. The van der Waals surface area contributed by atoms with E-state index in [0.29, 0.717) is 17.1 Å². The normalized spacial score (nSPS) is 14.9. The second-order valence-corrected chi connectivity index (χ2v) is 6.98. The lowest BCUT2D eigenvalue weighted by atomic mass is 10.1. The van der Waals surface area contributed by atoms with Crippen LogP contribution in [-0.2, 0) is 9.53 Å². The Bertz CT molecular complexity index is 1240. The third-order valence-electron chi connectivity index (χ3n) is 4.66. The van der Waals surface area contributed by atoms with Crippen molar-refractivity contribution in [2.24, 2.45) is 5.10 Å². The van der Waals surface area contributed by atoms with Gasteiger partial charge in [-0.3, -0.25) is 25.0 Å². The highest BCUT2D eigenvalue weighted by Gasteiger charge is 2.34. The molecule has 33 heavy (non-hydrogen) atoms. The maximum atomic E-state index is 12.2. The Morgan fingerprint density at radius 2 is 1.58 bits per heavy atom. The van der Waals surface area contributed by atoms with Gasteiger partial charge in [-0.1, -0.05) is 30.3 Å². The first-order valence-corrected chi connectivity index (χ1v) is 9.64. The molecule has 3 aromatic rings. The van der Waals surface area contributed by atoms with Crippen LogP contribution in [0.3, 0.4) is 0 Å². The van der Waals surface area contributed by atoms with Gasteiger partial charge in [0.1, 0.15) is 11.5 Å². The van der Waals surface area contributed by atoms with Gasteiger partial charge in [0.2, 0.25) is 18.0 Å². The molecule has 1 unspecified atom stereocenters. The van der Waals surface area contributed by atoms with Gasteiger partial charge in [0.05, 0.1) is 21.5 Å². The molecule has 1 atom stereocenters. The molecule has 11 nitrogen and oxygen atoms in total. The highest BCUT2D eigenvalue weighted by molar-refractivity contribution is 5.97. The molecule has 166 valence electrons. The van der Waals surface area contributed by atoms with Crippen LogP contribution < -0.4 is 4.74 Å². The van der Waals surface area contributed by atoms with Gasteiger partial charge >= 0.3 is 0 Å². The number of hydrogen-bond acceptors (Lipinski definition) is 8. The minimum absolute atomic E-state index is 0.00124. The summed E-state index contributed by atoms with van der Waals surface area (Å²) in [5.74, 6) is 0.497. The molecule has 11 heteroatoms. The molecule has 0 N–H and O–H groups in total. The molecule has 0 aliphatic carbocycles. The topological polar surface area (TPSA) is 137 Å². The van der Waals surface area contributed by atoms with E-state index in [1.54, 1.807) is 36.4 Å². The Balaban J connectivity index is 1.67. The molecule has 1 amide bonds. The van der Waals surface area contributed by atoms with Gasteiger partial charge < -0.3 is 9.47 Å². The quantitative estimate of drug-likeness (QED) is 0.399. The van der Waals surface area contributed by atoms with Crippen LogP contribution >= 0.6 is 0 Å². The third kappa shape index (κ3) is 4.61.